The molecule has 0 unspecified atom stereocenters. The lowest BCUT2D eigenvalue weighted by molar-refractivity contribution is -0.143. The van der Waals surface area contributed by atoms with Crippen molar-refractivity contribution in [1.29, 1.82) is 0 Å². The second-order valence-electron chi connectivity index (χ2n) is 6.07. The van der Waals surface area contributed by atoms with Crippen LogP contribution in [0.5, 0.6) is 0 Å². The van der Waals surface area contributed by atoms with E-state index in [0.29, 0.717) is 30.8 Å². The minimum Gasteiger partial charge on any atom is -0.481 e. The van der Waals surface area contributed by atoms with Crippen LogP contribution in [0, 0.1) is 18.7 Å². The van der Waals surface area contributed by atoms with Gasteiger partial charge in [0.2, 0.25) is 0 Å². The number of piperidine rings is 1. The highest BCUT2D eigenvalue weighted by atomic mass is 35.5. The standard InChI is InChI=1S/C17H17ClFN3O3/c1-10-14(16(23)21-8-2-3-11(9-21)17(24)25)15(18)22(20-10)13-6-4-12(19)5-7-13/h4-7,11H,2-3,8-9H2,1H3,(H,24,25)/t11-/m0/s1. The maximum atomic E-state index is 13.1. The number of aromatic nitrogens is 2. The first kappa shape index (κ1) is 17.4. The van der Waals surface area contributed by atoms with Crippen LogP contribution in [0.3, 0.4) is 0 Å². The largest absolute Gasteiger partial charge is 0.481 e. The van der Waals surface area contributed by atoms with E-state index in [0.717, 1.165) is 0 Å². The molecular formula is C17H17ClFN3O3. The quantitative estimate of drug-likeness (QED) is 0.907. The van der Waals surface area contributed by atoms with Gasteiger partial charge in [0, 0.05) is 13.1 Å². The first-order valence-electron chi connectivity index (χ1n) is 7.91. The van der Waals surface area contributed by atoms with Crippen LogP contribution in [0.15, 0.2) is 24.3 Å². The van der Waals surface area contributed by atoms with Crippen molar-refractivity contribution in [2.75, 3.05) is 13.1 Å². The first-order chi connectivity index (χ1) is 11.9. The molecule has 8 heteroatoms. The lowest BCUT2D eigenvalue weighted by Gasteiger charge is -2.30. The predicted molar refractivity (Wildman–Crippen MR) is 89.5 cm³/mol. The number of carboxylic acid groups (broad SMARTS) is 1. The molecule has 1 amide bonds. The Bertz CT molecular complexity index is 819. The van der Waals surface area contributed by atoms with Crippen LogP contribution in [0.4, 0.5) is 4.39 Å². The number of halogens is 2. The molecule has 6 nitrogen and oxygen atoms in total. The van der Waals surface area contributed by atoms with Gasteiger partial charge in [0.1, 0.15) is 11.0 Å². The summed E-state index contributed by atoms with van der Waals surface area (Å²) in [7, 11) is 0. The van der Waals surface area contributed by atoms with E-state index in [1.807, 2.05) is 0 Å². The molecule has 3 rings (SSSR count). The smallest absolute Gasteiger partial charge is 0.308 e. The van der Waals surface area contributed by atoms with Crippen molar-refractivity contribution < 1.29 is 19.1 Å². The molecule has 0 aliphatic carbocycles. The van der Waals surface area contributed by atoms with Crippen molar-refractivity contribution in [2.45, 2.75) is 19.8 Å². The van der Waals surface area contributed by atoms with Crippen molar-refractivity contribution in [3.8, 4) is 5.69 Å². The van der Waals surface area contributed by atoms with Gasteiger partial charge < -0.3 is 10.0 Å². The summed E-state index contributed by atoms with van der Waals surface area (Å²) in [5, 5.41) is 13.6. The zero-order chi connectivity index (χ0) is 18.1. The van der Waals surface area contributed by atoms with Crippen LogP contribution in [-0.4, -0.2) is 44.8 Å². The van der Waals surface area contributed by atoms with Crippen molar-refractivity contribution in [3.63, 3.8) is 0 Å². The number of amides is 1. The van der Waals surface area contributed by atoms with Gasteiger partial charge in [-0.05, 0) is 44.0 Å². The number of nitrogens with zero attached hydrogens (tertiary/aromatic N) is 3. The summed E-state index contributed by atoms with van der Waals surface area (Å²) in [5.74, 6) is -2.18. The molecule has 1 fully saturated rings. The molecule has 25 heavy (non-hydrogen) atoms. The number of likely N-dealkylation sites (tertiary alicyclic amines) is 1. The monoisotopic (exact) mass is 365 g/mol. The molecular weight excluding hydrogens is 349 g/mol. The van der Waals surface area contributed by atoms with E-state index >= 15 is 0 Å². The van der Waals surface area contributed by atoms with E-state index in [-0.39, 0.29) is 29.0 Å². The lowest BCUT2D eigenvalue weighted by Crippen LogP contribution is -2.42. The SMILES string of the molecule is Cc1nn(-c2ccc(F)cc2)c(Cl)c1C(=O)N1CCC[C@H](C(=O)O)C1. The summed E-state index contributed by atoms with van der Waals surface area (Å²) < 4.78 is 14.5. The van der Waals surface area contributed by atoms with Gasteiger partial charge in [-0.3, -0.25) is 9.59 Å². The van der Waals surface area contributed by atoms with Crippen LogP contribution in [0.25, 0.3) is 5.69 Å². The van der Waals surface area contributed by atoms with Gasteiger partial charge in [-0.15, -0.1) is 0 Å². The maximum Gasteiger partial charge on any atom is 0.308 e. The van der Waals surface area contributed by atoms with Crippen molar-refractivity contribution >= 4 is 23.5 Å². The van der Waals surface area contributed by atoms with Crippen molar-refractivity contribution in [1.82, 2.24) is 14.7 Å². The Kier molecular flexibility index (Phi) is 4.76. The molecule has 1 aliphatic rings. The zero-order valence-corrected chi connectivity index (χ0v) is 14.3. The minimum atomic E-state index is -0.901. The number of rotatable bonds is 3. The van der Waals surface area contributed by atoms with Gasteiger partial charge in [-0.2, -0.15) is 5.10 Å². The third-order valence-corrected chi connectivity index (χ3v) is 4.70. The Labute approximate surface area is 148 Å². The number of aliphatic carboxylic acids is 1. The molecule has 132 valence electrons. The fraction of sp³-hybridized carbons (Fsp3) is 0.353. The molecule has 1 aromatic carbocycles. The summed E-state index contributed by atoms with van der Waals surface area (Å²) in [5.41, 5.74) is 1.23. The van der Waals surface area contributed by atoms with Crippen molar-refractivity contribution in [2.24, 2.45) is 5.92 Å². The molecule has 1 saturated heterocycles. The summed E-state index contributed by atoms with van der Waals surface area (Å²) >= 11 is 6.36. The number of carboxylic acids is 1. The van der Waals surface area contributed by atoms with Gasteiger partial charge in [0.25, 0.3) is 5.91 Å². The molecule has 1 aromatic heterocycles. The molecule has 1 N–H and O–H groups in total. The number of carbonyl (C=O) groups excluding carboxylic acids is 1. The Morgan fingerprint density at radius 1 is 1.32 bits per heavy atom. The molecule has 0 radical (unpaired) electrons. The number of aryl methyl sites for hydroxylation is 1. The Morgan fingerprint density at radius 3 is 2.64 bits per heavy atom. The lowest BCUT2D eigenvalue weighted by atomic mass is 9.98. The Hall–Kier alpha value is -2.41. The predicted octanol–water partition coefficient (Wildman–Crippen LogP) is 2.91. The van der Waals surface area contributed by atoms with Gasteiger partial charge in [-0.25, -0.2) is 9.07 Å². The van der Waals surface area contributed by atoms with E-state index in [9.17, 15) is 19.1 Å². The van der Waals surface area contributed by atoms with Crippen molar-refractivity contribution in [3.05, 3.63) is 46.5 Å². The zero-order valence-electron chi connectivity index (χ0n) is 13.6. The number of carbonyl (C=O) groups is 2. The van der Waals surface area contributed by atoms with Gasteiger partial charge >= 0.3 is 5.97 Å². The molecule has 2 aromatic rings. The second kappa shape index (κ2) is 6.84. The molecule has 0 bridgehead atoms. The number of hydrogen-bond acceptors (Lipinski definition) is 3. The highest BCUT2D eigenvalue weighted by Gasteiger charge is 2.31. The van der Waals surface area contributed by atoms with E-state index in [4.69, 9.17) is 11.6 Å². The Morgan fingerprint density at radius 2 is 2.00 bits per heavy atom. The maximum absolute atomic E-state index is 13.1. The third-order valence-electron chi connectivity index (χ3n) is 4.35. The molecule has 0 saturated carbocycles. The second-order valence-corrected chi connectivity index (χ2v) is 6.43. The fourth-order valence-electron chi connectivity index (χ4n) is 3.02. The third kappa shape index (κ3) is 3.37. The van der Waals surface area contributed by atoms with Gasteiger partial charge in [0.15, 0.2) is 0 Å². The van der Waals surface area contributed by atoms with Crippen LogP contribution < -0.4 is 0 Å². The average molecular weight is 366 g/mol. The molecule has 1 atom stereocenters. The van der Waals surface area contributed by atoms with Crippen LogP contribution in [-0.2, 0) is 4.79 Å². The Balaban J connectivity index is 1.91. The fourth-order valence-corrected chi connectivity index (χ4v) is 3.37. The van der Waals surface area contributed by atoms with E-state index in [1.54, 1.807) is 6.92 Å². The highest BCUT2D eigenvalue weighted by molar-refractivity contribution is 6.33. The van der Waals surface area contributed by atoms with Gasteiger partial charge in [0.05, 0.1) is 22.9 Å². The van der Waals surface area contributed by atoms with Gasteiger partial charge in [-0.1, -0.05) is 11.6 Å². The van der Waals surface area contributed by atoms with Crippen LogP contribution >= 0.6 is 11.6 Å². The first-order valence-corrected chi connectivity index (χ1v) is 8.29. The summed E-state index contributed by atoms with van der Waals surface area (Å²) in [6, 6.07) is 5.60. The summed E-state index contributed by atoms with van der Waals surface area (Å²) in [4.78, 5) is 25.5. The summed E-state index contributed by atoms with van der Waals surface area (Å²) in [6.45, 7) is 2.31. The van der Waals surface area contributed by atoms with Crippen LogP contribution in [0.2, 0.25) is 5.15 Å². The minimum absolute atomic E-state index is 0.131. The highest BCUT2D eigenvalue weighted by Crippen LogP contribution is 2.27. The number of hydrogen-bond donors (Lipinski definition) is 1. The molecule has 2 heterocycles. The average Bonchev–Trinajstić information content (AvgIpc) is 2.89. The summed E-state index contributed by atoms with van der Waals surface area (Å²) in [6.07, 6.45) is 1.19. The van der Waals surface area contributed by atoms with E-state index < -0.39 is 11.9 Å². The van der Waals surface area contributed by atoms with E-state index in [1.165, 1.54) is 33.8 Å². The van der Waals surface area contributed by atoms with Crippen LogP contribution in [0.1, 0.15) is 28.9 Å². The normalized spacial score (nSPS) is 17.6. The molecule has 0 spiro atoms. The topological polar surface area (TPSA) is 75.4 Å². The van der Waals surface area contributed by atoms with E-state index in [2.05, 4.69) is 5.10 Å². The molecule has 1 aliphatic heterocycles. The number of benzene rings is 1.